The van der Waals surface area contributed by atoms with E-state index in [0.717, 1.165) is 11.1 Å². The molecule has 0 saturated heterocycles. The second-order valence-corrected chi connectivity index (χ2v) is 12.6. The Morgan fingerprint density at radius 3 is 2.24 bits per heavy atom. The van der Waals surface area contributed by atoms with E-state index in [1.807, 2.05) is 50.2 Å². The third-order valence-electron chi connectivity index (χ3n) is 8.07. The van der Waals surface area contributed by atoms with Gasteiger partial charge in [0.1, 0.15) is 29.7 Å². The zero-order valence-corrected chi connectivity index (χ0v) is 30.4. The molecule has 2 N–H and O–H groups in total. The molecule has 50 heavy (non-hydrogen) atoms. The first-order valence-corrected chi connectivity index (χ1v) is 17.1. The number of benzene rings is 2. The zero-order chi connectivity index (χ0) is 37.1. The van der Waals surface area contributed by atoms with Gasteiger partial charge in [-0.2, -0.15) is 0 Å². The van der Waals surface area contributed by atoms with E-state index in [1.54, 1.807) is 57.4 Å². The van der Waals surface area contributed by atoms with Gasteiger partial charge in [0.05, 0.1) is 20.8 Å². The predicted molar refractivity (Wildman–Crippen MR) is 194 cm³/mol. The third kappa shape index (κ3) is 14.0. The van der Waals surface area contributed by atoms with Crippen LogP contribution in [0, 0.1) is 11.8 Å². The normalized spacial score (nSPS) is 13.2. The highest BCUT2D eigenvalue weighted by Crippen LogP contribution is 2.27. The topological polar surface area (TPSA) is 132 Å². The van der Waals surface area contributed by atoms with Crippen LogP contribution in [0.1, 0.15) is 64.0 Å². The first-order valence-electron chi connectivity index (χ1n) is 17.1. The quantitative estimate of drug-likeness (QED) is 0.113. The van der Waals surface area contributed by atoms with Crippen molar-refractivity contribution >= 4 is 23.9 Å². The minimum absolute atomic E-state index is 0.0201. The maximum atomic E-state index is 13.8. The SMILES string of the molecule is C=CCCC(Cc1ccccc1)OC(=O)N[C@@H](CC(C)C)C(=O)N[C@@H](CC(CC=C)C(=O)N(C)Cc1ccc(OC)cc1OC)C(=O)OCC. The van der Waals surface area contributed by atoms with Gasteiger partial charge in [-0.05, 0) is 62.6 Å². The predicted octanol–water partition coefficient (Wildman–Crippen LogP) is 6.01. The smallest absolute Gasteiger partial charge is 0.408 e. The first-order chi connectivity index (χ1) is 23.9. The lowest BCUT2D eigenvalue weighted by Gasteiger charge is -2.28. The van der Waals surface area contributed by atoms with Crippen LogP contribution in [0.15, 0.2) is 73.8 Å². The molecule has 0 heterocycles. The van der Waals surface area contributed by atoms with Crippen LogP contribution < -0.4 is 20.1 Å². The molecule has 0 aromatic heterocycles. The number of nitrogens with zero attached hydrogens (tertiary/aromatic N) is 1. The Labute approximate surface area is 297 Å². The zero-order valence-electron chi connectivity index (χ0n) is 30.4. The van der Waals surface area contributed by atoms with Gasteiger partial charge >= 0.3 is 12.1 Å². The van der Waals surface area contributed by atoms with E-state index in [1.165, 1.54) is 0 Å². The number of carbonyl (C=O) groups excluding carboxylic acids is 4. The summed E-state index contributed by atoms with van der Waals surface area (Å²) in [5.41, 5.74) is 1.78. The highest BCUT2D eigenvalue weighted by molar-refractivity contribution is 5.90. The fraction of sp³-hybridized carbons (Fsp3) is 0.487. The van der Waals surface area contributed by atoms with E-state index < -0.39 is 42.1 Å². The van der Waals surface area contributed by atoms with Crippen molar-refractivity contribution in [1.29, 1.82) is 0 Å². The van der Waals surface area contributed by atoms with E-state index in [4.69, 9.17) is 18.9 Å². The monoisotopic (exact) mass is 693 g/mol. The highest BCUT2D eigenvalue weighted by atomic mass is 16.6. The maximum Gasteiger partial charge on any atom is 0.408 e. The van der Waals surface area contributed by atoms with Gasteiger partial charge in [-0.15, -0.1) is 13.2 Å². The van der Waals surface area contributed by atoms with Crippen molar-refractivity contribution in [2.24, 2.45) is 11.8 Å². The summed E-state index contributed by atoms with van der Waals surface area (Å²) in [7, 11) is 4.76. The van der Waals surface area contributed by atoms with E-state index in [9.17, 15) is 19.2 Å². The van der Waals surface area contributed by atoms with Gasteiger partial charge in [-0.1, -0.05) is 56.3 Å². The Kier molecular flexibility index (Phi) is 18.2. The molecule has 2 aromatic carbocycles. The van der Waals surface area contributed by atoms with Crippen LogP contribution in [0.3, 0.4) is 0 Å². The summed E-state index contributed by atoms with van der Waals surface area (Å²) in [5, 5.41) is 5.49. The number of hydrogen-bond acceptors (Lipinski definition) is 8. The summed E-state index contributed by atoms with van der Waals surface area (Å²) in [6.45, 7) is 13.4. The van der Waals surface area contributed by atoms with Gasteiger partial charge in [-0.3, -0.25) is 9.59 Å². The minimum Gasteiger partial charge on any atom is -0.497 e. The number of rotatable bonds is 22. The van der Waals surface area contributed by atoms with Crippen LogP contribution >= 0.6 is 0 Å². The van der Waals surface area contributed by atoms with Gasteiger partial charge in [0, 0.05) is 37.6 Å². The lowest BCUT2D eigenvalue weighted by molar-refractivity contribution is -0.149. The van der Waals surface area contributed by atoms with E-state index in [-0.39, 0.29) is 44.2 Å². The van der Waals surface area contributed by atoms with Crippen molar-refractivity contribution in [1.82, 2.24) is 15.5 Å². The number of ether oxygens (including phenoxy) is 4. The molecule has 3 amide bonds. The van der Waals surface area contributed by atoms with Crippen molar-refractivity contribution in [3.05, 3.63) is 85.0 Å². The second kappa shape index (κ2) is 22.0. The maximum absolute atomic E-state index is 13.8. The average molecular weight is 694 g/mol. The molecule has 0 radical (unpaired) electrons. The molecule has 4 atom stereocenters. The fourth-order valence-corrected chi connectivity index (χ4v) is 5.55. The number of hydrogen-bond donors (Lipinski definition) is 2. The van der Waals surface area contributed by atoms with Crippen LogP contribution in [-0.4, -0.2) is 74.8 Å². The Balaban J connectivity index is 2.23. The van der Waals surface area contributed by atoms with Crippen LogP contribution in [0.5, 0.6) is 11.5 Å². The highest BCUT2D eigenvalue weighted by Gasteiger charge is 2.33. The van der Waals surface area contributed by atoms with Crippen LogP contribution in [-0.2, 0) is 36.8 Å². The fourth-order valence-electron chi connectivity index (χ4n) is 5.55. The summed E-state index contributed by atoms with van der Waals surface area (Å²) in [5.74, 6) is -1.02. The number of amides is 3. The molecule has 0 bridgehead atoms. The van der Waals surface area contributed by atoms with Crippen LogP contribution in [0.2, 0.25) is 0 Å². The number of esters is 1. The molecule has 0 spiro atoms. The van der Waals surface area contributed by atoms with E-state index >= 15 is 0 Å². The van der Waals surface area contributed by atoms with Crippen molar-refractivity contribution in [3.63, 3.8) is 0 Å². The Bertz CT molecular complexity index is 1400. The average Bonchev–Trinajstić information content (AvgIpc) is 3.09. The van der Waals surface area contributed by atoms with Crippen molar-refractivity contribution < 1.29 is 38.1 Å². The largest absolute Gasteiger partial charge is 0.497 e. The van der Waals surface area contributed by atoms with Crippen LogP contribution in [0.25, 0.3) is 0 Å². The minimum atomic E-state index is -1.16. The number of carbonyl (C=O) groups is 4. The molecule has 0 fully saturated rings. The molecule has 0 saturated carbocycles. The lowest BCUT2D eigenvalue weighted by Crippen LogP contribution is -2.53. The number of alkyl carbamates (subject to hydrolysis) is 1. The van der Waals surface area contributed by atoms with E-state index in [0.29, 0.717) is 30.8 Å². The molecular weight excluding hydrogens is 638 g/mol. The van der Waals surface area contributed by atoms with Gasteiger partial charge in [-0.25, -0.2) is 9.59 Å². The summed E-state index contributed by atoms with van der Waals surface area (Å²) in [4.78, 5) is 55.4. The molecule has 0 aliphatic carbocycles. The number of nitrogens with one attached hydrogen (secondary N) is 2. The van der Waals surface area contributed by atoms with Crippen molar-refractivity contribution in [3.8, 4) is 11.5 Å². The summed E-state index contributed by atoms with van der Waals surface area (Å²) >= 11 is 0. The molecular formula is C39H55N3O8. The Morgan fingerprint density at radius 2 is 1.64 bits per heavy atom. The molecule has 2 unspecified atom stereocenters. The van der Waals surface area contributed by atoms with Crippen LogP contribution in [0.4, 0.5) is 4.79 Å². The van der Waals surface area contributed by atoms with Crippen molar-refractivity contribution in [2.75, 3.05) is 27.9 Å². The Hall–Kier alpha value is -4.80. The molecule has 274 valence electrons. The second-order valence-electron chi connectivity index (χ2n) is 12.6. The molecule has 0 aliphatic rings. The molecule has 2 rings (SSSR count). The standard InChI is InChI=1S/C39H55N3O8/c1-9-12-19-32(23-28-17-14-13-15-18-28)50-39(46)41-33(22-27(4)5)36(43)40-34(38(45)49-11-3)24-29(16-10-2)37(44)42(6)26-30-20-21-31(47-7)25-35(30)48-8/h9-10,13-15,17-18,20-21,25,27,29,32-34H,1-2,11-12,16,19,22-24,26H2,3-8H3,(H,40,43)(H,41,46)/t29?,32?,33-,34-/m0/s1. The summed E-state index contributed by atoms with van der Waals surface area (Å²) < 4.78 is 21.9. The first kappa shape index (κ1) is 41.4. The van der Waals surface area contributed by atoms with Gasteiger partial charge in [0.25, 0.3) is 0 Å². The number of methoxy groups -OCH3 is 2. The third-order valence-corrected chi connectivity index (χ3v) is 8.07. The van der Waals surface area contributed by atoms with Gasteiger partial charge < -0.3 is 34.5 Å². The van der Waals surface area contributed by atoms with Gasteiger partial charge in [0.2, 0.25) is 11.8 Å². The Morgan fingerprint density at radius 1 is 0.920 bits per heavy atom. The molecule has 0 aliphatic heterocycles. The van der Waals surface area contributed by atoms with Gasteiger partial charge in [0.15, 0.2) is 0 Å². The number of allylic oxidation sites excluding steroid dienone is 2. The van der Waals surface area contributed by atoms with Crippen molar-refractivity contribution in [2.45, 2.75) is 84.0 Å². The lowest BCUT2D eigenvalue weighted by atomic mass is 9.94. The summed E-state index contributed by atoms with van der Waals surface area (Å²) in [6.07, 6.45) is 4.41. The molecule has 11 nitrogen and oxygen atoms in total. The molecule has 11 heteroatoms. The molecule has 2 aromatic rings. The van der Waals surface area contributed by atoms with E-state index in [2.05, 4.69) is 23.8 Å². The summed E-state index contributed by atoms with van der Waals surface area (Å²) in [6, 6.07) is 12.9.